The smallest absolute Gasteiger partial charge is 0.271 e. The Morgan fingerprint density at radius 2 is 1.63 bits per heavy atom. The number of aryl methyl sites for hydroxylation is 3. The van der Waals surface area contributed by atoms with Gasteiger partial charge in [0.15, 0.2) is 0 Å². The van der Waals surface area contributed by atoms with Gasteiger partial charge in [0.2, 0.25) is 6.10 Å². The highest BCUT2D eigenvalue weighted by atomic mass is 16.5. The van der Waals surface area contributed by atoms with Crippen molar-refractivity contribution in [2.75, 3.05) is 4.90 Å². The molecule has 1 heterocycles. The largest absolute Gasteiger partial charge is 0.478 e. The maximum absolute atomic E-state index is 13.2. The van der Waals surface area contributed by atoms with Gasteiger partial charge in [-0.15, -0.1) is 0 Å². The molecule has 1 amide bonds. The van der Waals surface area contributed by atoms with Gasteiger partial charge in [-0.3, -0.25) is 9.69 Å². The van der Waals surface area contributed by atoms with E-state index in [4.69, 9.17) is 4.74 Å². The highest BCUT2D eigenvalue weighted by Crippen LogP contribution is 2.36. The summed E-state index contributed by atoms with van der Waals surface area (Å²) in [5.74, 6) is 0.754. The first-order chi connectivity index (χ1) is 14.5. The van der Waals surface area contributed by atoms with Gasteiger partial charge in [-0.2, -0.15) is 0 Å². The van der Waals surface area contributed by atoms with Crippen molar-refractivity contribution >= 4 is 17.7 Å². The van der Waals surface area contributed by atoms with E-state index in [-0.39, 0.29) is 11.9 Å². The molecule has 1 saturated heterocycles. The highest BCUT2D eigenvalue weighted by Gasteiger charge is 2.49. The molecule has 2 atom stereocenters. The minimum Gasteiger partial charge on any atom is -0.478 e. The van der Waals surface area contributed by atoms with E-state index in [2.05, 4.69) is 57.2 Å². The van der Waals surface area contributed by atoms with Gasteiger partial charge in [-0.05, 0) is 62.1 Å². The van der Waals surface area contributed by atoms with Crippen molar-refractivity contribution in [2.45, 2.75) is 39.8 Å². The lowest BCUT2D eigenvalue weighted by Gasteiger charge is -2.46. The summed E-state index contributed by atoms with van der Waals surface area (Å²) in [4.78, 5) is 15.1. The van der Waals surface area contributed by atoms with Gasteiger partial charge in [-0.25, -0.2) is 0 Å². The summed E-state index contributed by atoms with van der Waals surface area (Å²) in [6.45, 7) is 8.21. The van der Waals surface area contributed by atoms with E-state index in [0.29, 0.717) is 0 Å². The molecule has 2 unspecified atom stereocenters. The van der Waals surface area contributed by atoms with Crippen LogP contribution in [0.3, 0.4) is 0 Å². The number of hydrogen-bond donors (Lipinski definition) is 0. The summed E-state index contributed by atoms with van der Waals surface area (Å²) in [6.07, 6.45) is 3.60. The van der Waals surface area contributed by atoms with Crippen LogP contribution in [0.5, 0.6) is 5.75 Å². The van der Waals surface area contributed by atoms with Gasteiger partial charge < -0.3 is 4.74 Å². The molecule has 3 heteroatoms. The van der Waals surface area contributed by atoms with Crippen LogP contribution in [0, 0.1) is 27.7 Å². The third-order valence-corrected chi connectivity index (χ3v) is 5.79. The predicted molar refractivity (Wildman–Crippen MR) is 123 cm³/mol. The summed E-state index contributed by atoms with van der Waals surface area (Å²) in [5.41, 5.74) is 6.56. The monoisotopic (exact) mass is 397 g/mol. The fraction of sp³-hybridized carbons (Fsp3) is 0.222. The molecule has 0 aromatic heterocycles. The Hall–Kier alpha value is -3.33. The highest BCUT2D eigenvalue weighted by molar-refractivity contribution is 6.06. The Morgan fingerprint density at radius 1 is 0.867 bits per heavy atom. The SMILES string of the molecule is Cc1ccc(OC2C(=O)N(c3cccc(C)c3C)C2/C=C/c2ccccc2)c(C)c1. The van der Waals surface area contributed by atoms with Crippen molar-refractivity contribution in [3.05, 3.63) is 101 Å². The summed E-state index contributed by atoms with van der Waals surface area (Å²) in [7, 11) is 0. The van der Waals surface area contributed by atoms with Crippen molar-refractivity contribution in [3.8, 4) is 5.75 Å². The first kappa shape index (κ1) is 20.0. The fourth-order valence-electron chi connectivity index (χ4n) is 3.91. The standard InChI is InChI=1S/C27H27NO2/c1-18-13-16-25(20(3)17-18)30-26-24(15-14-22-10-6-5-7-11-22)28(27(26)29)23-12-8-9-19(2)21(23)4/h5-17,24,26H,1-4H3/b15-14+. The minimum absolute atomic E-state index is 0.00798. The molecule has 30 heavy (non-hydrogen) atoms. The molecule has 1 aliphatic heterocycles. The first-order valence-corrected chi connectivity index (χ1v) is 10.3. The van der Waals surface area contributed by atoms with E-state index in [1.807, 2.05) is 54.3 Å². The van der Waals surface area contributed by atoms with Crippen LogP contribution >= 0.6 is 0 Å². The van der Waals surface area contributed by atoms with Gasteiger partial charge >= 0.3 is 0 Å². The Labute approximate surface area is 178 Å². The number of anilines is 1. The van der Waals surface area contributed by atoms with Crippen molar-refractivity contribution in [1.29, 1.82) is 0 Å². The minimum atomic E-state index is -0.536. The fourth-order valence-corrected chi connectivity index (χ4v) is 3.91. The topological polar surface area (TPSA) is 29.5 Å². The molecule has 0 aliphatic carbocycles. The van der Waals surface area contributed by atoms with Crippen LogP contribution in [-0.2, 0) is 4.79 Å². The van der Waals surface area contributed by atoms with E-state index in [0.717, 1.165) is 28.1 Å². The maximum Gasteiger partial charge on any atom is 0.271 e. The number of amides is 1. The molecule has 0 radical (unpaired) electrons. The molecule has 152 valence electrons. The zero-order valence-electron chi connectivity index (χ0n) is 17.9. The number of ether oxygens (including phenoxy) is 1. The summed E-state index contributed by atoms with van der Waals surface area (Å²) >= 11 is 0. The molecular weight excluding hydrogens is 370 g/mol. The quantitative estimate of drug-likeness (QED) is 0.510. The number of carbonyl (C=O) groups is 1. The van der Waals surface area contributed by atoms with Crippen LogP contribution in [0.25, 0.3) is 6.08 Å². The van der Waals surface area contributed by atoms with E-state index in [1.165, 1.54) is 11.1 Å². The lowest BCUT2D eigenvalue weighted by atomic mass is 9.93. The maximum atomic E-state index is 13.2. The molecule has 1 aliphatic rings. The second kappa shape index (κ2) is 8.19. The Kier molecular flexibility index (Phi) is 5.45. The number of benzene rings is 3. The molecule has 0 saturated carbocycles. The first-order valence-electron chi connectivity index (χ1n) is 10.3. The zero-order chi connectivity index (χ0) is 21.3. The van der Waals surface area contributed by atoms with Gasteiger partial charge in [0.1, 0.15) is 11.8 Å². The third-order valence-electron chi connectivity index (χ3n) is 5.79. The van der Waals surface area contributed by atoms with E-state index in [1.54, 1.807) is 0 Å². The molecular formula is C27H27NO2. The summed E-state index contributed by atoms with van der Waals surface area (Å²) < 4.78 is 6.23. The van der Waals surface area contributed by atoms with Crippen molar-refractivity contribution in [1.82, 2.24) is 0 Å². The van der Waals surface area contributed by atoms with Crippen LogP contribution in [0.2, 0.25) is 0 Å². The molecule has 3 aromatic rings. The van der Waals surface area contributed by atoms with Gasteiger partial charge in [0.25, 0.3) is 5.91 Å². The Bertz CT molecular complexity index is 1100. The van der Waals surface area contributed by atoms with E-state index in [9.17, 15) is 4.79 Å². The third kappa shape index (κ3) is 3.76. The molecule has 3 nitrogen and oxygen atoms in total. The second-order valence-corrected chi connectivity index (χ2v) is 8.00. The number of rotatable bonds is 5. The molecule has 0 N–H and O–H groups in total. The van der Waals surface area contributed by atoms with Crippen LogP contribution < -0.4 is 9.64 Å². The average molecular weight is 398 g/mol. The number of nitrogens with zero attached hydrogens (tertiary/aromatic N) is 1. The van der Waals surface area contributed by atoms with Gasteiger partial charge in [-0.1, -0.05) is 72.3 Å². The van der Waals surface area contributed by atoms with E-state index >= 15 is 0 Å². The molecule has 0 spiro atoms. The average Bonchev–Trinajstić information content (AvgIpc) is 2.74. The number of carbonyl (C=O) groups excluding carboxylic acids is 1. The van der Waals surface area contributed by atoms with Crippen molar-refractivity contribution in [2.24, 2.45) is 0 Å². The van der Waals surface area contributed by atoms with Crippen LogP contribution in [0.4, 0.5) is 5.69 Å². The molecule has 1 fully saturated rings. The van der Waals surface area contributed by atoms with Crippen LogP contribution in [0.15, 0.2) is 72.8 Å². The van der Waals surface area contributed by atoms with E-state index < -0.39 is 6.10 Å². The summed E-state index contributed by atoms with van der Waals surface area (Å²) in [5, 5.41) is 0. The van der Waals surface area contributed by atoms with Gasteiger partial charge in [0, 0.05) is 5.69 Å². The zero-order valence-corrected chi connectivity index (χ0v) is 17.9. The number of β-lactam (4-membered cyclic amide) rings is 1. The lowest BCUT2D eigenvalue weighted by Crippen LogP contribution is -2.66. The second-order valence-electron chi connectivity index (χ2n) is 8.00. The Balaban J connectivity index is 1.67. The van der Waals surface area contributed by atoms with Crippen LogP contribution in [0.1, 0.15) is 27.8 Å². The molecule has 0 bridgehead atoms. The van der Waals surface area contributed by atoms with Crippen molar-refractivity contribution < 1.29 is 9.53 Å². The van der Waals surface area contributed by atoms with Crippen molar-refractivity contribution in [3.63, 3.8) is 0 Å². The normalized spacial score (nSPS) is 18.5. The summed E-state index contributed by atoms with van der Waals surface area (Å²) in [6, 6.07) is 22.1. The van der Waals surface area contributed by atoms with Crippen LogP contribution in [-0.4, -0.2) is 18.1 Å². The van der Waals surface area contributed by atoms with Gasteiger partial charge in [0.05, 0.1) is 0 Å². The molecule has 4 rings (SSSR count). The predicted octanol–water partition coefficient (Wildman–Crippen LogP) is 5.80. The Morgan fingerprint density at radius 3 is 2.37 bits per heavy atom. The molecule has 3 aromatic carbocycles. The lowest BCUT2D eigenvalue weighted by molar-refractivity contribution is -0.133. The number of hydrogen-bond acceptors (Lipinski definition) is 2.